The van der Waals surface area contributed by atoms with Crippen LogP contribution in [0.3, 0.4) is 0 Å². The Balaban J connectivity index is 2.23. The minimum atomic E-state index is -2.96. The fraction of sp³-hybridized carbons (Fsp3) is 0.308. The van der Waals surface area contributed by atoms with Gasteiger partial charge in [-0.1, -0.05) is 6.07 Å². The van der Waals surface area contributed by atoms with E-state index in [0.29, 0.717) is 13.0 Å². The van der Waals surface area contributed by atoms with Crippen molar-refractivity contribution in [3.05, 3.63) is 36.0 Å². The lowest BCUT2D eigenvalue weighted by atomic mass is 10.1. The zero-order valence-corrected chi connectivity index (χ0v) is 11.4. The van der Waals surface area contributed by atoms with Gasteiger partial charge < -0.3 is 9.67 Å². The lowest BCUT2D eigenvalue weighted by molar-refractivity contribution is 0.0697. The maximum atomic E-state index is 11.1. The molecule has 0 radical (unpaired) electrons. The highest BCUT2D eigenvalue weighted by molar-refractivity contribution is 7.90. The quantitative estimate of drug-likeness (QED) is 0.906. The Hall–Kier alpha value is -1.82. The van der Waals surface area contributed by atoms with Crippen LogP contribution >= 0.6 is 0 Å². The first-order valence-electron chi connectivity index (χ1n) is 5.87. The molecule has 2 rings (SSSR count). The number of hydrogen-bond acceptors (Lipinski definition) is 3. The zero-order valence-electron chi connectivity index (χ0n) is 10.5. The van der Waals surface area contributed by atoms with E-state index < -0.39 is 15.8 Å². The zero-order chi connectivity index (χ0) is 14.0. The molecule has 0 amide bonds. The fourth-order valence-corrected chi connectivity index (χ4v) is 2.66. The molecule has 0 atom stereocenters. The number of aryl methyl sites for hydroxylation is 1. The number of benzene rings is 1. The molecule has 0 saturated carbocycles. The topological polar surface area (TPSA) is 76.4 Å². The molecule has 1 aromatic carbocycles. The number of carboxylic acids is 1. The number of rotatable bonds is 5. The van der Waals surface area contributed by atoms with Crippen molar-refractivity contribution in [3.8, 4) is 0 Å². The third-order valence-corrected chi connectivity index (χ3v) is 3.97. The predicted molar refractivity (Wildman–Crippen MR) is 73.2 cm³/mol. The van der Waals surface area contributed by atoms with Gasteiger partial charge >= 0.3 is 5.97 Å². The van der Waals surface area contributed by atoms with Gasteiger partial charge in [-0.3, -0.25) is 0 Å². The SMILES string of the molecule is CS(=O)(=O)CCCn1ccc2ccc(C(=O)O)cc21. The molecule has 0 saturated heterocycles. The third-order valence-electron chi connectivity index (χ3n) is 2.94. The first kappa shape index (κ1) is 13.6. The van der Waals surface area contributed by atoms with Gasteiger partial charge in [-0.25, -0.2) is 13.2 Å². The highest BCUT2D eigenvalue weighted by Gasteiger charge is 2.08. The van der Waals surface area contributed by atoms with E-state index >= 15 is 0 Å². The summed E-state index contributed by atoms with van der Waals surface area (Å²) in [6.45, 7) is 0.555. The molecule has 0 bridgehead atoms. The molecule has 2 aromatic rings. The first-order valence-corrected chi connectivity index (χ1v) is 7.93. The Kier molecular flexibility index (Phi) is 3.61. The van der Waals surface area contributed by atoms with Crippen molar-refractivity contribution in [3.63, 3.8) is 0 Å². The summed E-state index contributed by atoms with van der Waals surface area (Å²) < 4.78 is 24.0. The molecule has 0 fully saturated rings. The standard InChI is InChI=1S/C13H15NO4S/c1-19(17,18)8-2-6-14-7-5-10-3-4-11(13(15)16)9-12(10)14/h3-5,7,9H,2,6,8H2,1H3,(H,15,16). The van der Waals surface area contributed by atoms with Crippen LogP contribution in [0.25, 0.3) is 10.9 Å². The van der Waals surface area contributed by atoms with Crippen LogP contribution in [-0.2, 0) is 16.4 Å². The van der Waals surface area contributed by atoms with Crippen LogP contribution in [0.15, 0.2) is 30.5 Å². The average molecular weight is 281 g/mol. The van der Waals surface area contributed by atoms with Crippen molar-refractivity contribution in [2.45, 2.75) is 13.0 Å². The minimum Gasteiger partial charge on any atom is -0.478 e. The smallest absolute Gasteiger partial charge is 0.335 e. The van der Waals surface area contributed by atoms with Crippen molar-refractivity contribution >= 4 is 26.7 Å². The molecule has 1 aromatic heterocycles. The summed E-state index contributed by atoms with van der Waals surface area (Å²) in [7, 11) is -2.96. The lowest BCUT2D eigenvalue weighted by Crippen LogP contribution is -2.07. The van der Waals surface area contributed by atoms with Gasteiger partial charge in [0.2, 0.25) is 0 Å². The van der Waals surface area contributed by atoms with Crippen LogP contribution in [0.1, 0.15) is 16.8 Å². The molecule has 1 heterocycles. The van der Waals surface area contributed by atoms with Crippen LogP contribution in [0.5, 0.6) is 0 Å². The normalized spacial score (nSPS) is 11.8. The Morgan fingerprint density at radius 2 is 2.05 bits per heavy atom. The molecular weight excluding hydrogens is 266 g/mol. The highest BCUT2D eigenvalue weighted by Crippen LogP contribution is 2.18. The maximum absolute atomic E-state index is 11.1. The molecule has 0 spiro atoms. The summed E-state index contributed by atoms with van der Waals surface area (Å²) in [6.07, 6.45) is 3.57. The van der Waals surface area contributed by atoms with Crippen molar-refractivity contribution in [2.75, 3.05) is 12.0 Å². The van der Waals surface area contributed by atoms with Gasteiger partial charge in [0, 0.05) is 24.5 Å². The van der Waals surface area contributed by atoms with Gasteiger partial charge in [0.1, 0.15) is 9.84 Å². The van der Waals surface area contributed by atoms with Gasteiger partial charge in [-0.15, -0.1) is 0 Å². The number of carbonyl (C=O) groups is 1. The Bertz CT molecular complexity index is 715. The Labute approximate surface area is 111 Å². The molecule has 6 heteroatoms. The third kappa shape index (κ3) is 3.35. The van der Waals surface area contributed by atoms with Crippen molar-refractivity contribution < 1.29 is 18.3 Å². The highest BCUT2D eigenvalue weighted by atomic mass is 32.2. The molecule has 1 N–H and O–H groups in total. The maximum Gasteiger partial charge on any atom is 0.335 e. The Morgan fingerprint density at radius 1 is 1.32 bits per heavy atom. The molecule has 0 unspecified atom stereocenters. The number of nitrogens with zero attached hydrogens (tertiary/aromatic N) is 1. The van der Waals surface area contributed by atoms with Crippen LogP contribution in [0.4, 0.5) is 0 Å². The molecule has 102 valence electrons. The van der Waals surface area contributed by atoms with E-state index in [1.807, 2.05) is 16.8 Å². The molecule has 0 aliphatic carbocycles. The van der Waals surface area contributed by atoms with Crippen molar-refractivity contribution in [1.82, 2.24) is 4.57 Å². The Morgan fingerprint density at radius 3 is 2.68 bits per heavy atom. The van der Waals surface area contributed by atoms with E-state index in [9.17, 15) is 13.2 Å². The second-order valence-electron chi connectivity index (χ2n) is 4.57. The van der Waals surface area contributed by atoms with Gasteiger partial charge in [0.25, 0.3) is 0 Å². The van der Waals surface area contributed by atoms with E-state index in [-0.39, 0.29) is 11.3 Å². The van der Waals surface area contributed by atoms with E-state index in [2.05, 4.69) is 0 Å². The van der Waals surface area contributed by atoms with Gasteiger partial charge in [0.15, 0.2) is 0 Å². The van der Waals surface area contributed by atoms with Gasteiger partial charge in [-0.05, 0) is 30.0 Å². The summed E-state index contributed by atoms with van der Waals surface area (Å²) in [4.78, 5) is 10.9. The summed E-state index contributed by atoms with van der Waals surface area (Å²) in [5.74, 6) is -0.837. The van der Waals surface area contributed by atoms with Crippen LogP contribution < -0.4 is 0 Å². The number of aromatic carboxylic acids is 1. The second-order valence-corrected chi connectivity index (χ2v) is 6.83. The number of hydrogen-bond donors (Lipinski definition) is 1. The summed E-state index contributed by atoms with van der Waals surface area (Å²) in [5.41, 5.74) is 1.05. The number of carboxylic acid groups (broad SMARTS) is 1. The van der Waals surface area contributed by atoms with Crippen LogP contribution in [0, 0.1) is 0 Å². The molecule has 0 aliphatic heterocycles. The second kappa shape index (κ2) is 5.05. The molecular formula is C13H15NO4S. The average Bonchev–Trinajstić information content (AvgIpc) is 2.70. The van der Waals surface area contributed by atoms with Crippen molar-refractivity contribution in [2.24, 2.45) is 0 Å². The summed E-state index contributed by atoms with van der Waals surface area (Å²) in [5, 5.41) is 9.92. The van der Waals surface area contributed by atoms with E-state index in [1.54, 1.807) is 18.2 Å². The summed E-state index contributed by atoms with van der Waals surface area (Å²) >= 11 is 0. The van der Waals surface area contributed by atoms with Gasteiger partial charge in [0.05, 0.1) is 11.3 Å². The molecule has 0 aliphatic rings. The van der Waals surface area contributed by atoms with E-state index in [4.69, 9.17) is 5.11 Å². The fourth-order valence-electron chi connectivity index (χ4n) is 2.01. The van der Waals surface area contributed by atoms with Crippen molar-refractivity contribution in [1.29, 1.82) is 0 Å². The number of sulfone groups is 1. The van der Waals surface area contributed by atoms with Gasteiger partial charge in [-0.2, -0.15) is 0 Å². The van der Waals surface area contributed by atoms with Crippen LogP contribution in [-0.4, -0.2) is 36.1 Å². The minimum absolute atomic E-state index is 0.130. The largest absolute Gasteiger partial charge is 0.478 e. The lowest BCUT2D eigenvalue weighted by Gasteiger charge is -2.05. The monoisotopic (exact) mass is 281 g/mol. The van der Waals surface area contributed by atoms with E-state index in [1.165, 1.54) is 6.26 Å². The molecule has 19 heavy (non-hydrogen) atoms. The predicted octanol–water partition coefficient (Wildman–Crippen LogP) is 1.77. The summed E-state index contributed by atoms with van der Waals surface area (Å²) in [6, 6.07) is 6.82. The molecule has 5 nitrogen and oxygen atoms in total. The number of fused-ring (bicyclic) bond motifs is 1. The van der Waals surface area contributed by atoms with Crippen LogP contribution in [0.2, 0.25) is 0 Å². The number of aromatic nitrogens is 1. The van der Waals surface area contributed by atoms with E-state index in [0.717, 1.165) is 10.9 Å². The first-order chi connectivity index (χ1) is 8.87.